The van der Waals surface area contributed by atoms with Crippen LogP contribution in [-0.2, 0) is 0 Å². The van der Waals surface area contributed by atoms with Gasteiger partial charge in [-0.05, 0) is 24.1 Å². The van der Waals surface area contributed by atoms with Crippen LogP contribution in [0, 0.1) is 0 Å². The molecule has 0 bridgehead atoms. The van der Waals surface area contributed by atoms with E-state index in [1.54, 1.807) is 0 Å². The first-order chi connectivity index (χ1) is 8.33. The van der Waals surface area contributed by atoms with Gasteiger partial charge in [-0.15, -0.1) is 0 Å². The molecule has 0 heterocycles. The van der Waals surface area contributed by atoms with Crippen molar-refractivity contribution in [2.45, 2.75) is 45.4 Å². The Morgan fingerprint density at radius 3 is 2.35 bits per heavy atom. The maximum Gasteiger partial charge on any atom is 0.0389 e. The van der Waals surface area contributed by atoms with Crippen LogP contribution in [0.4, 0.5) is 0 Å². The van der Waals surface area contributed by atoms with Gasteiger partial charge in [-0.3, -0.25) is 4.99 Å². The molecular formula is C15H22BrN. The Labute approximate surface area is 113 Å². The smallest absolute Gasteiger partial charge is 0.0389 e. The van der Waals surface area contributed by atoms with Crippen molar-refractivity contribution in [1.82, 2.24) is 0 Å². The van der Waals surface area contributed by atoms with Crippen LogP contribution in [0.1, 0.15) is 51.0 Å². The summed E-state index contributed by atoms with van der Waals surface area (Å²) in [7, 11) is 0. The average molecular weight is 296 g/mol. The summed E-state index contributed by atoms with van der Waals surface area (Å²) < 4.78 is 1.12. The lowest BCUT2D eigenvalue weighted by atomic mass is 10.1. The molecule has 0 saturated carbocycles. The number of hydrogen-bond donors (Lipinski definition) is 0. The summed E-state index contributed by atoms with van der Waals surface area (Å²) in [6, 6.07) is 8.25. The predicted molar refractivity (Wildman–Crippen MR) is 80.0 cm³/mol. The highest BCUT2D eigenvalue weighted by Crippen LogP contribution is 2.09. The van der Waals surface area contributed by atoms with Crippen molar-refractivity contribution in [1.29, 1.82) is 0 Å². The van der Waals surface area contributed by atoms with E-state index in [1.807, 2.05) is 18.3 Å². The molecule has 2 heteroatoms. The van der Waals surface area contributed by atoms with E-state index >= 15 is 0 Å². The van der Waals surface area contributed by atoms with Gasteiger partial charge in [0.05, 0.1) is 0 Å². The van der Waals surface area contributed by atoms with Gasteiger partial charge in [-0.2, -0.15) is 0 Å². The maximum atomic E-state index is 4.45. The molecule has 0 N–H and O–H groups in total. The Balaban J connectivity index is 2.08. The second-order valence-electron chi connectivity index (χ2n) is 4.35. The molecule has 1 nitrogen and oxygen atoms in total. The molecule has 1 aromatic carbocycles. The zero-order chi connectivity index (χ0) is 12.3. The van der Waals surface area contributed by atoms with Crippen molar-refractivity contribution in [3.05, 3.63) is 34.3 Å². The maximum absolute atomic E-state index is 4.45. The Bertz CT molecular complexity index is 316. The first-order valence-corrected chi connectivity index (χ1v) is 7.37. The SMILES string of the molecule is CCCCCCCCN=Cc1ccc(Br)cc1. The molecule has 0 saturated heterocycles. The van der Waals surface area contributed by atoms with E-state index in [0.29, 0.717) is 0 Å². The highest BCUT2D eigenvalue weighted by Gasteiger charge is 1.90. The largest absolute Gasteiger partial charge is 0.293 e. The molecule has 0 atom stereocenters. The topological polar surface area (TPSA) is 12.4 Å². The van der Waals surface area contributed by atoms with Gasteiger partial charge in [0.25, 0.3) is 0 Å². The van der Waals surface area contributed by atoms with Crippen LogP contribution in [0.3, 0.4) is 0 Å². The number of hydrogen-bond acceptors (Lipinski definition) is 1. The van der Waals surface area contributed by atoms with Crippen LogP contribution >= 0.6 is 15.9 Å². The van der Waals surface area contributed by atoms with Gasteiger partial charge < -0.3 is 0 Å². The first kappa shape index (κ1) is 14.4. The quantitative estimate of drug-likeness (QED) is 0.460. The van der Waals surface area contributed by atoms with Gasteiger partial charge in [-0.1, -0.05) is 67.1 Å². The Morgan fingerprint density at radius 1 is 1.00 bits per heavy atom. The van der Waals surface area contributed by atoms with Gasteiger partial charge in [-0.25, -0.2) is 0 Å². The van der Waals surface area contributed by atoms with E-state index in [1.165, 1.54) is 44.1 Å². The lowest BCUT2D eigenvalue weighted by Gasteiger charge is -1.98. The minimum atomic E-state index is 0.961. The molecule has 0 aliphatic rings. The minimum absolute atomic E-state index is 0.961. The third-order valence-electron chi connectivity index (χ3n) is 2.75. The van der Waals surface area contributed by atoms with Crippen molar-refractivity contribution in [2.75, 3.05) is 6.54 Å². The van der Waals surface area contributed by atoms with Crippen LogP contribution in [0.2, 0.25) is 0 Å². The molecule has 0 aromatic heterocycles. The molecule has 0 spiro atoms. The van der Waals surface area contributed by atoms with Gasteiger partial charge >= 0.3 is 0 Å². The zero-order valence-corrected chi connectivity index (χ0v) is 12.2. The fourth-order valence-corrected chi connectivity index (χ4v) is 1.97. The van der Waals surface area contributed by atoms with Crippen molar-refractivity contribution in [2.24, 2.45) is 4.99 Å². The van der Waals surface area contributed by atoms with Crippen molar-refractivity contribution >= 4 is 22.1 Å². The summed E-state index contributed by atoms with van der Waals surface area (Å²) in [5.41, 5.74) is 1.18. The normalized spacial score (nSPS) is 11.2. The standard InChI is InChI=1S/C15H22BrN/c1-2-3-4-5-6-7-12-17-13-14-8-10-15(16)11-9-14/h8-11,13H,2-7,12H2,1H3. The van der Waals surface area contributed by atoms with E-state index in [-0.39, 0.29) is 0 Å². The monoisotopic (exact) mass is 295 g/mol. The fourth-order valence-electron chi connectivity index (χ4n) is 1.70. The van der Waals surface area contributed by atoms with Crippen LogP contribution in [0.15, 0.2) is 33.7 Å². The van der Waals surface area contributed by atoms with Crippen molar-refractivity contribution in [3.8, 4) is 0 Å². The number of rotatable bonds is 8. The van der Waals surface area contributed by atoms with Crippen LogP contribution in [-0.4, -0.2) is 12.8 Å². The van der Waals surface area contributed by atoms with Gasteiger partial charge in [0.1, 0.15) is 0 Å². The van der Waals surface area contributed by atoms with Crippen LogP contribution in [0.5, 0.6) is 0 Å². The van der Waals surface area contributed by atoms with Gasteiger partial charge in [0, 0.05) is 17.2 Å². The van der Waals surface area contributed by atoms with Crippen LogP contribution < -0.4 is 0 Å². The number of nitrogens with zero attached hydrogens (tertiary/aromatic N) is 1. The fraction of sp³-hybridized carbons (Fsp3) is 0.533. The number of unbranched alkanes of at least 4 members (excludes halogenated alkanes) is 5. The summed E-state index contributed by atoms with van der Waals surface area (Å²) in [5.74, 6) is 0. The number of benzene rings is 1. The summed E-state index contributed by atoms with van der Waals surface area (Å²) in [6.45, 7) is 3.21. The second kappa shape index (κ2) is 9.41. The highest BCUT2D eigenvalue weighted by atomic mass is 79.9. The average Bonchev–Trinajstić information content (AvgIpc) is 2.35. The zero-order valence-electron chi connectivity index (χ0n) is 10.7. The number of halogens is 1. The van der Waals surface area contributed by atoms with E-state index in [9.17, 15) is 0 Å². The molecule has 17 heavy (non-hydrogen) atoms. The van der Waals surface area contributed by atoms with Crippen molar-refractivity contribution < 1.29 is 0 Å². The molecule has 0 unspecified atom stereocenters. The highest BCUT2D eigenvalue weighted by molar-refractivity contribution is 9.10. The van der Waals surface area contributed by atoms with E-state index in [0.717, 1.165) is 11.0 Å². The molecular weight excluding hydrogens is 274 g/mol. The lowest BCUT2D eigenvalue weighted by molar-refractivity contribution is 0.612. The Hall–Kier alpha value is -0.630. The van der Waals surface area contributed by atoms with Gasteiger partial charge in [0.15, 0.2) is 0 Å². The summed E-state index contributed by atoms with van der Waals surface area (Å²) in [5, 5.41) is 0. The predicted octanol–water partition coefficient (Wildman–Crippen LogP) is 5.23. The van der Waals surface area contributed by atoms with Crippen molar-refractivity contribution in [3.63, 3.8) is 0 Å². The molecule has 0 fully saturated rings. The second-order valence-corrected chi connectivity index (χ2v) is 5.27. The first-order valence-electron chi connectivity index (χ1n) is 6.58. The van der Waals surface area contributed by atoms with E-state index in [4.69, 9.17) is 0 Å². The Kier molecular flexibility index (Phi) is 7.98. The number of aliphatic imine (C=N–C) groups is 1. The van der Waals surface area contributed by atoms with E-state index < -0.39 is 0 Å². The summed E-state index contributed by atoms with van der Waals surface area (Å²) in [6.07, 6.45) is 9.95. The molecule has 0 aliphatic carbocycles. The molecule has 0 aliphatic heterocycles. The molecule has 0 radical (unpaired) electrons. The molecule has 0 amide bonds. The van der Waals surface area contributed by atoms with Gasteiger partial charge in [0.2, 0.25) is 0 Å². The third kappa shape index (κ3) is 7.32. The lowest BCUT2D eigenvalue weighted by Crippen LogP contribution is -1.86. The summed E-state index contributed by atoms with van der Waals surface area (Å²) in [4.78, 5) is 4.45. The molecule has 1 aromatic rings. The Morgan fingerprint density at radius 2 is 1.65 bits per heavy atom. The molecule has 94 valence electrons. The third-order valence-corrected chi connectivity index (χ3v) is 3.28. The molecule has 1 rings (SSSR count). The minimum Gasteiger partial charge on any atom is -0.293 e. The van der Waals surface area contributed by atoms with Crippen LogP contribution in [0.25, 0.3) is 0 Å². The summed E-state index contributed by atoms with van der Waals surface area (Å²) >= 11 is 3.42. The van der Waals surface area contributed by atoms with E-state index in [2.05, 4.69) is 40.0 Å².